The minimum atomic E-state index is -4.19. The lowest BCUT2D eigenvalue weighted by molar-refractivity contribution is 0.483. The van der Waals surface area contributed by atoms with E-state index in [1.165, 1.54) is 11.3 Å². The predicted octanol–water partition coefficient (Wildman–Crippen LogP) is 4.12. The molecule has 5 nitrogen and oxygen atoms in total. The molecule has 0 saturated heterocycles. The van der Waals surface area contributed by atoms with E-state index in [-0.39, 0.29) is 4.90 Å². The van der Waals surface area contributed by atoms with Crippen LogP contribution in [0, 0.1) is 5.82 Å². The molecule has 0 aliphatic rings. The fourth-order valence-corrected chi connectivity index (χ4v) is 2.83. The van der Waals surface area contributed by atoms with Crippen molar-refractivity contribution in [2.45, 2.75) is 4.90 Å². The number of halogens is 2. The molecule has 0 spiro atoms. The molecule has 0 bridgehead atoms. The lowest BCUT2D eigenvalue weighted by Gasteiger charge is -1.95. The molecular formula is C15H12ClFN2O3S2. The Hall–Kier alpha value is -2.00. The van der Waals surface area contributed by atoms with E-state index in [1.807, 2.05) is 29.6 Å². The molecule has 3 aromatic rings. The summed E-state index contributed by atoms with van der Waals surface area (Å²) in [6.45, 7) is 0. The molecule has 1 aromatic heterocycles. The van der Waals surface area contributed by atoms with Crippen LogP contribution in [-0.2, 0) is 10.1 Å². The van der Waals surface area contributed by atoms with Crippen LogP contribution < -0.4 is 5.73 Å². The fraction of sp³-hybridized carbons (Fsp3) is 0. The van der Waals surface area contributed by atoms with Crippen molar-refractivity contribution < 1.29 is 17.4 Å². The number of hydrogen-bond acceptors (Lipinski definition) is 5. The molecule has 0 unspecified atom stereocenters. The number of nitrogens with zero attached hydrogens (tertiary/aromatic N) is 1. The quantitative estimate of drug-likeness (QED) is 0.646. The van der Waals surface area contributed by atoms with Gasteiger partial charge in [0.05, 0.1) is 10.6 Å². The van der Waals surface area contributed by atoms with Crippen molar-refractivity contribution in [2.24, 2.45) is 0 Å². The van der Waals surface area contributed by atoms with Crippen molar-refractivity contribution in [1.29, 1.82) is 0 Å². The average molecular weight is 387 g/mol. The maximum atomic E-state index is 12.2. The Balaban J connectivity index is 0.000000177. The Morgan fingerprint density at radius 3 is 2.12 bits per heavy atom. The molecule has 1 heterocycles. The van der Waals surface area contributed by atoms with E-state index < -0.39 is 15.9 Å². The summed E-state index contributed by atoms with van der Waals surface area (Å²) in [6, 6.07) is 11.4. The number of nitrogens with two attached hydrogens (primary N) is 1. The minimum absolute atomic E-state index is 0.307. The second kappa shape index (κ2) is 7.71. The smallest absolute Gasteiger partial charge is 0.294 e. The Labute approximate surface area is 147 Å². The van der Waals surface area contributed by atoms with E-state index in [9.17, 15) is 12.8 Å². The number of aromatic nitrogens is 1. The van der Waals surface area contributed by atoms with Crippen LogP contribution in [0.4, 0.5) is 9.52 Å². The largest absolute Gasteiger partial charge is 0.375 e. The first-order valence-corrected chi connectivity index (χ1v) is 9.15. The Kier molecular flexibility index (Phi) is 5.89. The number of rotatable bonds is 2. The van der Waals surface area contributed by atoms with Crippen LogP contribution in [0.1, 0.15) is 0 Å². The van der Waals surface area contributed by atoms with Crippen LogP contribution in [0.15, 0.2) is 58.8 Å². The lowest BCUT2D eigenvalue weighted by Crippen LogP contribution is -1.97. The predicted molar refractivity (Wildman–Crippen MR) is 93.2 cm³/mol. The van der Waals surface area contributed by atoms with E-state index in [4.69, 9.17) is 21.9 Å². The van der Waals surface area contributed by atoms with Gasteiger partial charge < -0.3 is 5.73 Å². The van der Waals surface area contributed by atoms with Gasteiger partial charge in [0.1, 0.15) is 5.82 Å². The van der Waals surface area contributed by atoms with Gasteiger partial charge in [-0.15, -0.1) is 11.3 Å². The molecule has 0 aliphatic carbocycles. The van der Waals surface area contributed by atoms with Gasteiger partial charge in [-0.05, 0) is 36.4 Å². The molecule has 0 atom stereocenters. The normalized spacial score (nSPS) is 10.8. The molecule has 126 valence electrons. The number of benzene rings is 2. The van der Waals surface area contributed by atoms with Gasteiger partial charge in [-0.25, -0.2) is 9.37 Å². The molecule has 0 amide bonds. The van der Waals surface area contributed by atoms with Crippen molar-refractivity contribution in [1.82, 2.24) is 4.98 Å². The third kappa shape index (κ3) is 5.27. The highest BCUT2D eigenvalue weighted by Gasteiger charge is 2.07. The molecule has 9 heteroatoms. The third-order valence-electron chi connectivity index (χ3n) is 2.77. The van der Waals surface area contributed by atoms with Gasteiger partial charge in [0.15, 0.2) is 5.13 Å². The molecule has 0 fully saturated rings. The maximum absolute atomic E-state index is 12.2. The van der Waals surface area contributed by atoms with Gasteiger partial charge in [0.2, 0.25) is 0 Å². The van der Waals surface area contributed by atoms with Gasteiger partial charge in [0.25, 0.3) is 10.1 Å². The molecule has 2 aromatic carbocycles. The van der Waals surface area contributed by atoms with Crippen LogP contribution >= 0.6 is 22.9 Å². The van der Waals surface area contributed by atoms with Crippen LogP contribution in [0.2, 0.25) is 5.02 Å². The van der Waals surface area contributed by atoms with E-state index in [2.05, 4.69) is 4.98 Å². The molecule has 0 radical (unpaired) electrons. The topological polar surface area (TPSA) is 93.3 Å². The molecule has 0 aliphatic heterocycles. The highest BCUT2D eigenvalue weighted by atomic mass is 35.5. The summed E-state index contributed by atoms with van der Waals surface area (Å²) in [6.07, 6.45) is 0. The van der Waals surface area contributed by atoms with Crippen molar-refractivity contribution >= 4 is 38.2 Å². The summed E-state index contributed by atoms with van der Waals surface area (Å²) in [4.78, 5) is 3.86. The average Bonchev–Trinajstić information content (AvgIpc) is 2.95. The minimum Gasteiger partial charge on any atom is -0.375 e. The van der Waals surface area contributed by atoms with Crippen molar-refractivity contribution in [3.63, 3.8) is 0 Å². The van der Waals surface area contributed by atoms with Crippen molar-refractivity contribution in [3.8, 4) is 11.3 Å². The van der Waals surface area contributed by atoms with E-state index in [1.54, 1.807) is 0 Å². The Morgan fingerprint density at radius 2 is 1.67 bits per heavy atom. The number of thiazole rings is 1. The van der Waals surface area contributed by atoms with Crippen LogP contribution in [0.25, 0.3) is 11.3 Å². The van der Waals surface area contributed by atoms with Gasteiger partial charge in [-0.2, -0.15) is 8.42 Å². The fourth-order valence-electron chi connectivity index (χ4n) is 1.65. The zero-order valence-electron chi connectivity index (χ0n) is 12.1. The highest BCUT2D eigenvalue weighted by molar-refractivity contribution is 7.85. The molecule has 3 N–H and O–H groups in total. The third-order valence-corrected chi connectivity index (χ3v) is 4.57. The van der Waals surface area contributed by atoms with Crippen molar-refractivity contribution in [2.75, 3.05) is 5.73 Å². The molecule has 0 saturated carbocycles. The van der Waals surface area contributed by atoms with Crippen LogP contribution in [0.5, 0.6) is 0 Å². The summed E-state index contributed by atoms with van der Waals surface area (Å²) < 4.78 is 41.4. The van der Waals surface area contributed by atoms with Gasteiger partial charge >= 0.3 is 0 Å². The number of anilines is 1. The van der Waals surface area contributed by atoms with Gasteiger partial charge in [-0.1, -0.05) is 23.7 Å². The first-order chi connectivity index (χ1) is 11.3. The maximum Gasteiger partial charge on any atom is 0.294 e. The molecular weight excluding hydrogens is 375 g/mol. The summed E-state index contributed by atoms with van der Waals surface area (Å²) in [5.41, 5.74) is 7.47. The Morgan fingerprint density at radius 1 is 1.08 bits per heavy atom. The number of nitrogen functional groups attached to an aromatic ring is 1. The summed E-state index contributed by atoms with van der Waals surface area (Å²) in [5, 5.41) is 3.25. The van der Waals surface area contributed by atoms with Gasteiger partial charge in [0, 0.05) is 16.0 Å². The zero-order valence-corrected chi connectivity index (χ0v) is 14.4. The summed E-state index contributed by atoms with van der Waals surface area (Å²) >= 11 is 7.20. The molecule has 24 heavy (non-hydrogen) atoms. The van der Waals surface area contributed by atoms with E-state index in [0.29, 0.717) is 5.13 Å². The molecule has 3 rings (SSSR count). The Bertz CT molecular complexity index is 911. The van der Waals surface area contributed by atoms with Crippen LogP contribution in [0.3, 0.4) is 0 Å². The highest BCUT2D eigenvalue weighted by Crippen LogP contribution is 2.24. The zero-order chi connectivity index (χ0) is 17.7. The SMILES string of the molecule is Nc1nc(-c2ccc(Cl)cc2)cs1.O=S(=O)(O)c1ccc(F)cc1. The monoisotopic (exact) mass is 386 g/mol. The standard InChI is InChI=1S/C9H7ClN2S.C6H5FO3S/c10-7-3-1-6(2-4-7)8-5-13-9(11)12-8;7-5-1-3-6(4-2-5)11(8,9)10/h1-5H,(H2,11,12);1-4H,(H,8,9,10). The lowest BCUT2D eigenvalue weighted by atomic mass is 10.2. The number of hydrogen-bond donors (Lipinski definition) is 2. The van der Waals surface area contributed by atoms with Gasteiger partial charge in [-0.3, -0.25) is 4.55 Å². The summed E-state index contributed by atoms with van der Waals surface area (Å²) in [7, 11) is -4.19. The van der Waals surface area contributed by atoms with Crippen LogP contribution in [-0.4, -0.2) is 18.0 Å². The first-order valence-electron chi connectivity index (χ1n) is 6.46. The summed E-state index contributed by atoms with van der Waals surface area (Å²) in [5.74, 6) is -0.544. The first kappa shape index (κ1) is 18.3. The van der Waals surface area contributed by atoms with E-state index >= 15 is 0 Å². The second-order valence-corrected chi connectivity index (χ2v) is 7.25. The van der Waals surface area contributed by atoms with Crippen molar-refractivity contribution in [3.05, 3.63) is 64.8 Å². The second-order valence-electron chi connectivity index (χ2n) is 4.51. The van der Waals surface area contributed by atoms with E-state index in [0.717, 1.165) is 40.5 Å².